The van der Waals surface area contributed by atoms with E-state index in [0.29, 0.717) is 30.9 Å². The molecular weight excluding hydrogens is 334 g/mol. The summed E-state index contributed by atoms with van der Waals surface area (Å²) in [6.07, 6.45) is 3.12. The van der Waals surface area contributed by atoms with Gasteiger partial charge in [-0.15, -0.1) is 0 Å². The number of hydrogen-bond donors (Lipinski definition) is 2. The molecule has 2 amide bonds. The van der Waals surface area contributed by atoms with Gasteiger partial charge in [0.15, 0.2) is 12.4 Å². The van der Waals surface area contributed by atoms with Gasteiger partial charge in [-0.05, 0) is 38.3 Å². The Balaban J connectivity index is 1.90. The van der Waals surface area contributed by atoms with Crippen LogP contribution in [0.4, 0.5) is 0 Å². The number of amides is 2. The molecule has 7 nitrogen and oxygen atoms in total. The molecule has 0 aliphatic carbocycles. The number of benzene rings is 1. The van der Waals surface area contributed by atoms with Crippen molar-refractivity contribution in [1.29, 1.82) is 0 Å². The third-order valence-electron chi connectivity index (χ3n) is 4.46. The van der Waals surface area contributed by atoms with E-state index in [1.165, 1.54) is 6.92 Å². The van der Waals surface area contributed by atoms with Crippen molar-refractivity contribution in [2.45, 2.75) is 38.6 Å². The summed E-state index contributed by atoms with van der Waals surface area (Å²) in [5.41, 5.74) is 5.92. The summed E-state index contributed by atoms with van der Waals surface area (Å²) in [7, 11) is 0. The van der Waals surface area contributed by atoms with Gasteiger partial charge in [0.2, 0.25) is 5.91 Å². The molecule has 1 aromatic carbocycles. The molecule has 1 heterocycles. The number of ether oxygens (including phenoxy) is 1. The molecule has 1 atom stereocenters. The van der Waals surface area contributed by atoms with E-state index in [4.69, 9.17) is 10.5 Å². The SMILES string of the molecule is CC(=O)c1cccc(OCC(=O)N2CCCCC2CNC(=O)CCN)c1. The lowest BCUT2D eigenvalue weighted by atomic mass is 10.0. The molecule has 1 fully saturated rings. The number of hydrogen-bond acceptors (Lipinski definition) is 5. The minimum absolute atomic E-state index is 0.0230. The smallest absolute Gasteiger partial charge is 0.260 e. The molecule has 0 spiro atoms. The molecule has 0 aromatic heterocycles. The van der Waals surface area contributed by atoms with Gasteiger partial charge >= 0.3 is 0 Å². The number of nitrogens with one attached hydrogen (secondary N) is 1. The Labute approximate surface area is 153 Å². The predicted octanol–water partition coefficient (Wildman–Crippen LogP) is 1.11. The largest absolute Gasteiger partial charge is 0.484 e. The van der Waals surface area contributed by atoms with Gasteiger partial charge in [0, 0.05) is 37.7 Å². The first-order valence-electron chi connectivity index (χ1n) is 9.01. The molecule has 1 saturated heterocycles. The number of carbonyl (C=O) groups is 3. The van der Waals surface area contributed by atoms with Crippen molar-refractivity contribution in [3.63, 3.8) is 0 Å². The average molecular weight is 361 g/mol. The highest BCUT2D eigenvalue weighted by atomic mass is 16.5. The third-order valence-corrected chi connectivity index (χ3v) is 4.46. The lowest BCUT2D eigenvalue weighted by Crippen LogP contribution is -2.50. The average Bonchev–Trinajstić information content (AvgIpc) is 2.65. The minimum atomic E-state index is -0.115. The highest BCUT2D eigenvalue weighted by Gasteiger charge is 2.27. The van der Waals surface area contributed by atoms with E-state index in [1.54, 1.807) is 29.2 Å². The summed E-state index contributed by atoms with van der Waals surface area (Å²) in [4.78, 5) is 37.4. The number of Topliss-reactive ketones (excluding diaryl/α,β-unsaturated/α-hetero) is 1. The van der Waals surface area contributed by atoms with Crippen LogP contribution in [0.2, 0.25) is 0 Å². The summed E-state index contributed by atoms with van der Waals surface area (Å²) in [5, 5.41) is 2.84. The molecule has 1 unspecified atom stereocenters. The van der Waals surface area contributed by atoms with E-state index in [9.17, 15) is 14.4 Å². The second kappa shape index (κ2) is 9.91. The predicted molar refractivity (Wildman–Crippen MR) is 98.0 cm³/mol. The Morgan fingerprint density at radius 3 is 2.85 bits per heavy atom. The van der Waals surface area contributed by atoms with Crippen molar-refractivity contribution in [3.8, 4) is 5.75 Å². The monoisotopic (exact) mass is 361 g/mol. The summed E-state index contributed by atoms with van der Waals surface area (Å²) in [6, 6.07) is 6.77. The highest BCUT2D eigenvalue weighted by Crippen LogP contribution is 2.18. The van der Waals surface area contributed by atoms with Crippen LogP contribution in [0.25, 0.3) is 0 Å². The lowest BCUT2D eigenvalue weighted by molar-refractivity contribution is -0.137. The van der Waals surface area contributed by atoms with Crippen molar-refractivity contribution >= 4 is 17.6 Å². The van der Waals surface area contributed by atoms with Gasteiger partial charge in [-0.3, -0.25) is 14.4 Å². The Bertz CT molecular complexity index is 647. The number of likely N-dealkylation sites (tertiary alicyclic amines) is 1. The van der Waals surface area contributed by atoms with E-state index in [0.717, 1.165) is 19.3 Å². The molecule has 0 saturated carbocycles. The molecule has 1 aromatic rings. The first kappa shape index (κ1) is 19.9. The molecule has 142 valence electrons. The van der Waals surface area contributed by atoms with Crippen molar-refractivity contribution in [3.05, 3.63) is 29.8 Å². The Morgan fingerprint density at radius 2 is 2.12 bits per heavy atom. The van der Waals surface area contributed by atoms with Crippen molar-refractivity contribution in [1.82, 2.24) is 10.2 Å². The maximum absolute atomic E-state index is 12.6. The van der Waals surface area contributed by atoms with Gasteiger partial charge in [-0.1, -0.05) is 12.1 Å². The molecule has 7 heteroatoms. The molecule has 1 aliphatic rings. The zero-order valence-corrected chi connectivity index (χ0v) is 15.2. The molecule has 1 aliphatic heterocycles. The number of ketones is 1. The number of piperidine rings is 1. The Hall–Kier alpha value is -2.41. The first-order chi connectivity index (χ1) is 12.5. The van der Waals surface area contributed by atoms with Crippen LogP contribution < -0.4 is 15.8 Å². The standard InChI is InChI=1S/C19H27N3O4/c1-14(23)15-5-4-7-17(11-15)26-13-19(25)22-10-3-2-6-16(22)12-21-18(24)8-9-20/h4-5,7,11,16H,2-3,6,8-10,12-13,20H2,1H3,(H,21,24). The molecule has 2 rings (SSSR count). The Morgan fingerprint density at radius 1 is 1.31 bits per heavy atom. The fourth-order valence-electron chi connectivity index (χ4n) is 3.03. The Kier molecular flexibility index (Phi) is 7.59. The van der Waals surface area contributed by atoms with Crippen LogP contribution in [0.15, 0.2) is 24.3 Å². The van der Waals surface area contributed by atoms with Crippen LogP contribution in [0.5, 0.6) is 5.75 Å². The van der Waals surface area contributed by atoms with Crippen LogP contribution in [-0.2, 0) is 9.59 Å². The summed E-state index contributed by atoms with van der Waals surface area (Å²) in [6.45, 7) is 2.81. The van der Waals surface area contributed by atoms with E-state index in [-0.39, 0.29) is 36.7 Å². The zero-order chi connectivity index (χ0) is 18.9. The van der Waals surface area contributed by atoms with Gasteiger partial charge in [0.25, 0.3) is 5.91 Å². The summed E-state index contributed by atoms with van der Waals surface area (Å²) in [5.74, 6) is 0.237. The molecule has 3 N–H and O–H groups in total. The van der Waals surface area contributed by atoms with Gasteiger partial charge in [-0.25, -0.2) is 0 Å². The maximum atomic E-state index is 12.6. The minimum Gasteiger partial charge on any atom is -0.484 e. The van der Waals surface area contributed by atoms with Crippen molar-refractivity contribution in [2.24, 2.45) is 5.73 Å². The normalized spacial score (nSPS) is 16.8. The topological polar surface area (TPSA) is 102 Å². The van der Waals surface area contributed by atoms with Crippen LogP contribution >= 0.6 is 0 Å². The summed E-state index contributed by atoms with van der Waals surface area (Å²) < 4.78 is 5.58. The first-order valence-corrected chi connectivity index (χ1v) is 9.01. The van der Waals surface area contributed by atoms with Crippen molar-refractivity contribution in [2.75, 3.05) is 26.2 Å². The van der Waals surface area contributed by atoms with Crippen LogP contribution in [0.1, 0.15) is 43.0 Å². The lowest BCUT2D eigenvalue weighted by Gasteiger charge is -2.35. The number of carbonyl (C=O) groups excluding carboxylic acids is 3. The fraction of sp³-hybridized carbons (Fsp3) is 0.526. The molecule has 26 heavy (non-hydrogen) atoms. The van der Waals surface area contributed by atoms with E-state index < -0.39 is 0 Å². The highest BCUT2D eigenvalue weighted by molar-refractivity contribution is 5.94. The fourth-order valence-corrected chi connectivity index (χ4v) is 3.03. The second-order valence-corrected chi connectivity index (χ2v) is 6.45. The van der Waals surface area contributed by atoms with Gasteiger partial charge in [0.1, 0.15) is 5.75 Å². The van der Waals surface area contributed by atoms with Crippen LogP contribution in [0.3, 0.4) is 0 Å². The third kappa shape index (κ3) is 5.84. The van der Waals surface area contributed by atoms with Gasteiger partial charge in [-0.2, -0.15) is 0 Å². The summed E-state index contributed by atoms with van der Waals surface area (Å²) >= 11 is 0. The van der Waals surface area contributed by atoms with Gasteiger partial charge < -0.3 is 20.7 Å². The van der Waals surface area contributed by atoms with Crippen LogP contribution in [0, 0.1) is 0 Å². The van der Waals surface area contributed by atoms with E-state index in [2.05, 4.69) is 5.32 Å². The maximum Gasteiger partial charge on any atom is 0.260 e. The van der Waals surface area contributed by atoms with Crippen molar-refractivity contribution < 1.29 is 19.1 Å². The van der Waals surface area contributed by atoms with E-state index >= 15 is 0 Å². The molecule has 0 radical (unpaired) electrons. The quantitative estimate of drug-likeness (QED) is 0.676. The number of nitrogens with zero attached hydrogens (tertiary/aromatic N) is 1. The zero-order valence-electron chi connectivity index (χ0n) is 15.2. The second-order valence-electron chi connectivity index (χ2n) is 6.45. The molecular formula is C19H27N3O4. The van der Waals surface area contributed by atoms with Crippen LogP contribution in [-0.4, -0.2) is 54.8 Å². The molecule has 0 bridgehead atoms. The number of nitrogens with two attached hydrogens (primary N) is 1. The van der Waals surface area contributed by atoms with Gasteiger partial charge in [0.05, 0.1) is 0 Å². The van der Waals surface area contributed by atoms with E-state index in [1.807, 2.05) is 0 Å². The number of rotatable bonds is 8.